The molecule has 2 aromatic heterocycles. The molecule has 1 amide bonds. The van der Waals surface area contributed by atoms with Gasteiger partial charge in [0.15, 0.2) is 5.65 Å². The monoisotopic (exact) mass is 395 g/mol. The van der Waals surface area contributed by atoms with E-state index in [4.69, 9.17) is 0 Å². The Balaban J connectivity index is 2.02. The van der Waals surface area contributed by atoms with Crippen LogP contribution in [0.4, 0.5) is 5.69 Å². The van der Waals surface area contributed by atoms with Crippen molar-refractivity contribution in [1.29, 1.82) is 0 Å². The third-order valence-electron chi connectivity index (χ3n) is 4.93. The summed E-state index contributed by atoms with van der Waals surface area (Å²) in [5.74, 6) is 0.590. The molecule has 8 nitrogen and oxygen atoms in total. The van der Waals surface area contributed by atoms with E-state index < -0.39 is 11.2 Å². The molecule has 0 radical (unpaired) electrons. The largest absolute Gasteiger partial charge is 0.336 e. The molecule has 2 unspecified atom stereocenters. The number of nitrogens with zero attached hydrogens (tertiary/aromatic N) is 1. The van der Waals surface area contributed by atoms with Crippen LogP contribution in [0.1, 0.15) is 50.4 Å². The first-order chi connectivity index (χ1) is 13.9. The number of H-pyrrole nitrogens is 3. The molecule has 0 saturated heterocycles. The number of aromatic amines is 3. The zero-order chi connectivity index (χ0) is 21.0. The molecule has 152 valence electrons. The Morgan fingerprint density at radius 3 is 2.59 bits per heavy atom. The molecule has 2 atom stereocenters. The van der Waals surface area contributed by atoms with E-state index in [0.29, 0.717) is 11.5 Å². The van der Waals surface area contributed by atoms with Gasteiger partial charge in [-0.25, -0.2) is 9.78 Å². The zero-order valence-corrected chi connectivity index (χ0v) is 16.5. The van der Waals surface area contributed by atoms with E-state index in [-0.39, 0.29) is 28.9 Å². The molecule has 2 heterocycles. The number of unbranched alkanes of at least 4 members (excludes halogenated alkanes) is 1. The molecule has 0 fully saturated rings. The van der Waals surface area contributed by atoms with Crippen molar-refractivity contribution in [2.45, 2.75) is 39.0 Å². The highest BCUT2D eigenvalue weighted by Crippen LogP contribution is 2.34. The van der Waals surface area contributed by atoms with Gasteiger partial charge in [-0.15, -0.1) is 6.58 Å². The number of allylic oxidation sites excluding steroid dienone is 1. The maximum absolute atomic E-state index is 12.1. The topological polar surface area (TPSA) is 123 Å². The van der Waals surface area contributed by atoms with Crippen LogP contribution in [0.15, 0.2) is 46.5 Å². The molecule has 3 aromatic rings. The summed E-state index contributed by atoms with van der Waals surface area (Å²) in [5, 5.41) is 2.76. The van der Waals surface area contributed by atoms with Gasteiger partial charge in [0, 0.05) is 18.5 Å². The molecule has 0 aliphatic rings. The lowest BCUT2D eigenvalue weighted by atomic mass is 9.83. The number of carbonyl (C=O) groups excluding carboxylic acids is 1. The number of nitrogens with one attached hydrogen (secondary N) is 4. The lowest BCUT2D eigenvalue weighted by molar-refractivity contribution is -0.114. The second kappa shape index (κ2) is 8.72. The molecule has 0 bridgehead atoms. The highest BCUT2D eigenvalue weighted by atomic mass is 16.2. The predicted octanol–water partition coefficient (Wildman–Crippen LogP) is 3.02. The third kappa shape index (κ3) is 4.71. The summed E-state index contributed by atoms with van der Waals surface area (Å²) < 4.78 is 0. The number of anilines is 1. The number of carbonyl (C=O) groups is 1. The summed E-state index contributed by atoms with van der Waals surface area (Å²) in [5.41, 5.74) is 1.12. The van der Waals surface area contributed by atoms with Crippen molar-refractivity contribution in [1.82, 2.24) is 19.9 Å². The minimum atomic E-state index is -0.587. The average Bonchev–Trinajstić information content (AvgIpc) is 3.07. The van der Waals surface area contributed by atoms with Gasteiger partial charge in [0.1, 0.15) is 11.3 Å². The number of imidazole rings is 1. The zero-order valence-electron chi connectivity index (χ0n) is 16.5. The molecule has 0 saturated carbocycles. The molecule has 29 heavy (non-hydrogen) atoms. The quantitative estimate of drug-likeness (QED) is 0.346. The van der Waals surface area contributed by atoms with Gasteiger partial charge in [-0.2, -0.15) is 0 Å². The van der Waals surface area contributed by atoms with Crippen LogP contribution in [-0.4, -0.2) is 25.8 Å². The van der Waals surface area contributed by atoms with E-state index in [0.717, 1.165) is 24.8 Å². The van der Waals surface area contributed by atoms with Crippen LogP contribution < -0.4 is 16.6 Å². The van der Waals surface area contributed by atoms with Gasteiger partial charge in [-0.05, 0) is 42.9 Å². The van der Waals surface area contributed by atoms with Crippen LogP contribution in [0.2, 0.25) is 0 Å². The Kier molecular flexibility index (Phi) is 6.11. The van der Waals surface area contributed by atoms with E-state index in [1.54, 1.807) is 0 Å². The fraction of sp³-hybridized carbons (Fsp3) is 0.333. The van der Waals surface area contributed by atoms with Crippen molar-refractivity contribution in [3.63, 3.8) is 0 Å². The maximum Gasteiger partial charge on any atom is 0.327 e. The Labute approximate surface area is 167 Å². The molecule has 4 N–H and O–H groups in total. The summed E-state index contributed by atoms with van der Waals surface area (Å²) in [6, 6.07) is 7.58. The Morgan fingerprint density at radius 1 is 1.21 bits per heavy atom. The fourth-order valence-corrected chi connectivity index (χ4v) is 3.58. The molecular weight excluding hydrogens is 370 g/mol. The minimum Gasteiger partial charge on any atom is -0.336 e. The van der Waals surface area contributed by atoms with Gasteiger partial charge in [0.05, 0.1) is 0 Å². The normalized spacial score (nSPS) is 13.2. The van der Waals surface area contributed by atoms with Gasteiger partial charge in [0.2, 0.25) is 5.91 Å². The van der Waals surface area contributed by atoms with Crippen molar-refractivity contribution in [2.75, 3.05) is 5.32 Å². The molecule has 0 aliphatic heterocycles. The van der Waals surface area contributed by atoms with Gasteiger partial charge >= 0.3 is 5.69 Å². The number of hydrogen-bond donors (Lipinski definition) is 4. The molecular formula is C21H25N5O3. The Morgan fingerprint density at radius 2 is 1.93 bits per heavy atom. The van der Waals surface area contributed by atoms with Gasteiger partial charge < -0.3 is 10.3 Å². The van der Waals surface area contributed by atoms with Gasteiger partial charge in [0.25, 0.3) is 5.56 Å². The predicted molar refractivity (Wildman–Crippen MR) is 113 cm³/mol. The highest BCUT2D eigenvalue weighted by Gasteiger charge is 2.25. The number of amides is 1. The summed E-state index contributed by atoms with van der Waals surface area (Å²) in [7, 11) is 0. The number of rotatable bonds is 8. The van der Waals surface area contributed by atoms with Crippen molar-refractivity contribution < 1.29 is 4.79 Å². The van der Waals surface area contributed by atoms with E-state index in [9.17, 15) is 14.4 Å². The van der Waals surface area contributed by atoms with Crippen molar-refractivity contribution in [3.8, 4) is 0 Å². The summed E-state index contributed by atoms with van der Waals surface area (Å²) >= 11 is 0. The van der Waals surface area contributed by atoms with Crippen LogP contribution in [0.3, 0.4) is 0 Å². The second-order valence-electron chi connectivity index (χ2n) is 7.23. The SMILES string of the molecule is C=CCCCC(C)C(c1ccc(NC(C)=O)cc1)c1nc2[nH]c(=O)[nH]c(=O)c2[nH]1. The van der Waals surface area contributed by atoms with E-state index in [1.807, 2.05) is 30.3 Å². The Bertz CT molecular complexity index is 1120. The van der Waals surface area contributed by atoms with Crippen LogP contribution >= 0.6 is 0 Å². The lowest BCUT2D eigenvalue weighted by Crippen LogP contribution is -2.21. The Hall–Kier alpha value is -3.42. The number of fused-ring (bicyclic) bond motifs is 1. The van der Waals surface area contributed by atoms with Crippen molar-refractivity contribution >= 4 is 22.8 Å². The summed E-state index contributed by atoms with van der Waals surface area (Å²) in [6.07, 6.45) is 4.75. The summed E-state index contributed by atoms with van der Waals surface area (Å²) in [4.78, 5) is 47.3. The first-order valence-corrected chi connectivity index (χ1v) is 9.59. The number of aromatic nitrogens is 4. The van der Waals surface area contributed by atoms with E-state index in [1.165, 1.54) is 6.92 Å². The summed E-state index contributed by atoms with van der Waals surface area (Å²) in [6.45, 7) is 7.37. The second-order valence-corrected chi connectivity index (χ2v) is 7.23. The standard InChI is InChI=1S/C21H25N5O3/c1-4-5-6-7-12(2)16(14-8-10-15(11-9-14)22-13(3)27)18-23-17-19(24-18)25-21(29)26-20(17)28/h4,8-12,16H,1,5-7H2,2-3H3,(H,22,27)(H3,23,24,25,26,28,29). The molecule has 3 rings (SSSR count). The van der Waals surface area contributed by atoms with E-state index >= 15 is 0 Å². The minimum absolute atomic E-state index is 0.110. The van der Waals surface area contributed by atoms with Crippen LogP contribution in [0.5, 0.6) is 0 Å². The van der Waals surface area contributed by atoms with Gasteiger partial charge in [-0.1, -0.05) is 25.1 Å². The van der Waals surface area contributed by atoms with E-state index in [2.05, 4.69) is 38.8 Å². The maximum atomic E-state index is 12.1. The fourth-order valence-electron chi connectivity index (χ4n) is 3.58. The lowest BCUT2D eigenvalue weighted by Gasteiger charge is -2.23. The van der Waals surface area contributed by atoms with Crippen LogP contribution in [0.25, 0.3) is 11.2 Å². The van der Waals surface area contributed by atoms with Gasteiger partial charge in [-0.3, -0.25) is 19.6 Å². The number of hydrogen-bond acceptors (Lipinski definition) is 4. The smallest absolute Gasteiger partial charge is 0.327 e. The van der Waals surface area contributed by atoms with Crippen LogP contribution in [0, 0.1) is 5.92 Å². The van der Waals surface area contributed by atoms with Crippen molar-refractivity contribution in [3.05, 3.63) is 69.1 Å². The molecule has 8 heteroatoms. The molecule has 0 aliphatic carbocycles. The molecule has 1 aromatic carbocycles. The molecule has 0 spiro atoms. The highest BCUT2D eigenvalue weighted by molar-refractivity contribution is 5.88. The number of benzene rings is 1. The average molecular weight is 395 g/mol. The third-order valence-corrected chi connectivity index (χ3v) is 4.93. The first-order valence-electron chi connectivity index (χ1n) is 9.59. The van der Waals surface area contributed by atoms with Crippen LogP contribution in [-0.2, 0) is 4.79 Å². The van der Waals surface area contributed by atoms with Crippen molar-refractivity contribution in [2.24, 2.45) is 5.92 Å². The first kappa shape index (κ1) is 20.3.